The zero-order valence-electron chi connectivity index (χ0n) is 12.6. The lowest BCUT2D eigenvalue weighted by molar-refractivity contribution is 0.0695. The molecule has 1 N–H and O–H groups in total. The van der Waals surface area contributed by atoms with Crippen LogP contribution < -0.4 is 4.90 Å². The first-order valence-electron chi connectivity index (χ1n) is 6.56. The maximum Gasteiger partial charge on any atom is 0.214 e. The van der Waals surface area contributed by atoms with Crippen LogP contribution in [0.15, 0.2) is 6.20 Å². The van der Waals surface area contributed by atoms with Crippen molar-refractivity contribution < 1.29 is 9.84 Å². The van der Waals surface area contributed by atoms with Gasteiger partial charge in [0.25, 0.3) is 0 Å². The highest BCUT2D eigenvalue weighted by Crippen LogP contribution is 2.27. The van der Waals surface area contributed by atoms with Crippen LogP contribution in [0.3, 0.4) is 0 Å². The minimum atomic E-state index is -0.522. The van der Waals surface area contributed by atoms with Crippen molar-refractivity contribution in [2.24, 2.45) is 0 Å². The van der Waals surface area contributed by atoms with E-state index in [9.17, 15) is 5.11 Å². The number of aliphatic hydroxyl groups is 1. The van der Waals surface area contributed by atoms with Gasteiger partial charge in [-0.15, -0.1) is 5.10 Å². The van der Waals surface area contributed by atoms with Crippen molar-refractivity contribution >= 4 is 21.4 Å². The molecule has 1 unspecified atom stereocenters. The standard InChI is InChI=1S/C13H22N4O2S/c1-13(2,3)10-7-17-11(14-10)20-12(15-17)16(4)6-9(18)8-19-5/h7,9,18H,6,8H2,1-5H3. The van der Waals surface area contributed by atoms with Gasteiger partial charge >= 0.3 is 0 Å². The van der Waals surface area contributed by atoms with Gasteiger partial charge in [-0.05, 0) is 0 Å². The Hall–Kier alpha value is -1.18. The summed E-state index contributed by atoms with van der Waals surface area (Å²) in [5, 5.41) is 15.1. The molecule has 0 saturated carbocycles. The number of ether oxygens (including phenoxy) is 1. The van der Waals surface area contributed by atoms with Gasteiger partial charge < -0.3 is 14.7 Å². The van der Waals surface area contributed by atoms with E-state index in [1.807, 2.05) is 18.1 Å². The van der Waals surface area contributed by atoms with Crippen LogP contribution in [0, 0.1) is 0 Å². The summed E-state index contributed by atoms with van der Waals surface area (Å²) < 4.78 is 6.73. The lowest BCUT2D eigenvalue weighted by Gasteiger charge is -2.18. The fourth-order valence-electron chi connectivity index (χ4n) is 1.84. The summed E-state index contributed by atoms with van der Waals surface area (Å²) in [5.41, 5.74) is 1.05. The zero-order valence-corrected chi connectivity index (χ0v) is 13.4. The Morgan fingerprint density at radius 3 is 2.75 bits per heavy atom. The molecule has 6 nitrogen and oxygen atoms in total. The summed E-state index contributed by atoms with van der Waals surface area (Å²) in [4.78, 5) is 7.40. The van der Waals surface area contributed by atoms with Gasteiger partial charge in [-0.2, -0.15) is 0 Å². The zero-order chi connectivity index (χ0) is 14.9. The molecule has 0 aromatic carbocycles. The van der Waals surface area contributed by atoms with Crippen LogP contribution in [0.2, 0.25) is 0 Å². The smallest absolute Gasteiger partial charge is 0.214 e. The molecule has 0 aliphatic heterocycles. The van der Waals surface area contributed by atoms with E-state index >= 15 is 0 Å². The van der Waals surface area contributed by atoms with Crippen LogP contribution in [0.25, 0.3) is 4.96 Å². The number of likely N-dealkylation sites (N-methyl/N-ethyl adjacent to an activating group) is 1. The number of hydrogen-bond acceptors (Lipinski definition) is 6. The maximum atomic E-state index is 9.74. The Labute approximate surface area is 123 Å². The van der Waals surface area contributed by atoms with Crippen LogP contribution in [0.1, 0.15) is 26.5 Å². The van der Waals surface area contributed by atoms with Gasteiger partial charge in [0.1, 0.15) is 0 Å². The number of rotatable bonds is 5. The average molecular weight is 298 g/mol. The molecule has 0 fully saturated rings. The van der Waals surface area contributed by atoms with E-state index in [0.717, 1.165) is 15.8 Å². The Kier molecular flexibility index (Phi) is 4.31. The molecule has 0 amide bonds. The predicted octanol–water partition coefficient (Wildman–Crippen LogP) is 1.53. The molecule has 0 spiro atoms. The molecule has 7 heteroatoms. The average Bonchev–Trinajstić information content (AvgIpc) is 2.84. The maximum absolute atomic E-state index is 9.74. The van der Waals surface area contributed by atoms with Crippen molar-refractivity contribution in [3.63, 3.8) is 0 Å². The molecular formula is C13H22N4O2S. The van der Waals surface area contributed by atoms with Gasteiger partial charge in [0.2, 0.25) is 10.1 Å². The highest BCUT2D eigenvalue weighted by atomic mass is 32.1. The van der Waals surface area contributed by atoms with Crippen molar-refractivity contribution in [3.8, 4) is 0 Å². The van der Waals surface area contributed by atoms with E-state index in [1.165, 1.54) is 11.3 Å². The van der Waals surface area contributed by atoms with Crippen LogP contribution >= 0.6 is 11.3 Å². The minimum Gasteiger partial charge on any atom is -0.389 e. The Morgan fingerprint density at radius 1 is 1.50 bits per heavy atom. The topological polar surface area (TPSA) is 62.9 Å². The van der Waals surface area contributed by atoms with Crippen LogP contribution in [-0.4, -0.2) is 53.1 Å². The third-order valence-corrected chi connectivity index (χ3v) is 4.01. The molecule has 0 aliphatic rings. The van der Waals surface area contributed by atoms with E-state index in [-0.39, 0.29) is 5.41 Å². The molecule has 2 aromatic heterocycles. The monoisotopic (exact) mass is 298 g/mol. The predicted molar refractivity (Wildman–Crippen MR) is 80.7 cm³/mol. The molecule has 2 aromatic rings. The molecule has 20 heavy (non-hydrogen) atoms. The van der Waals surface area contributed by atoms with Crippen molar-refractivity contribution in [3.05, 3.63) is 11.9 Å². The number of aliphatic hydroxyl groups excluding tert-OH is 1. The first kappa shape index (κ1) is 15.2. The van der Waals surface area contributed by atoms with Gasteiger partial charge in [0.05, 0.1) is 24.6 Å². The molecular weight excluding hydrogens is 276 g/mol. The van der Waals surface area contributed by atoms with Crippen molar-refractivity contribution in [2.75, 3.05) is 32.2 Å². The third kappa shape index (κ3) is 3.28. The van der Waals surface area contributed by atoms with E-state index in [1.54, 1.807) is 11.6 Å². The number of methoxy groups -OCH3 is 1. The lowest BCUT2D eigenvalue weighted by atomic mass is 9.93. The number of hydrogen-bond donors (Lipinski definition) is 1. The summed E-state index contributed by atoms with van der Waals surface area (Å²) in [5.74, 6) is 0. The highest BCUT2D eigenvalue weighted by Gasteiger charge is 2.20. The molecule has 112 valence electrons. The van der Waals surface area contributed by atoms with E-state index < -0.39 is 6.10 Å². The van der Waals surface area contributed by atoms with Gasteiger partial charge in [-0.3, -0.25) is 0 Å². The second kappa shape index (κ2) is 5.67. The fourth-order valence-corrected chi connectivity index (χ4v) is 2.70. The van der Waals surface area contributed by atoms with E-state index in [2.05, 4.69) is 30.9 Å². The largest absolute Gasteiger partial charge is 0.389 e. The quantitative estimate of drug-likeness (QED) is 0.907. The van der Waals surface area contributed by atoms with E-state index in [0.29, 0.717) is 13.2 Å². The van der Waals surface area contributed by atoms with E-state index in [4.69, 9.17) is 4.74 Å². The Bertz CT molecular complexity index is 541. The molecule has 2 rings (SSSR count). The number of fused-ring (bicyclic) bond motifs is 1. The number of imidazole rings is 1. The second-order valence-electron chi connectivity index (χ2n) is 5.98. The van der Waals surface area contributed by atoms with Crippen molar-refractivity contribution in [2.45, 2.75) is 32.3 Å². The van der Waals surface area contributed by atoms with Gasteiger partial charge in [-0.25, -0.2) is 9.50 Å². The number of anilines is 1. The molecule has 1 atom stereocenters. The number of aromatic nitrogens is 3. The lowest BCUT2D eigenvalue weighted by Crippen LogP contribution is -2.31. The summed E-state index contributed by atoms with van der Waals surface area (Å²) in [6.45, 7) is 7.20. The first-order chi connectivity index (χ1) is 9.31. The Morgan fingerprint density at radius 2 is 2.20 bits per heavy atom. The first-order valence-corrected chi connectivity index (χ1v) is 7.37. The number of nitrogens with zero attached hydrogens (tertiary/aromatic N) is 4. The normalized spacial score (nSPS) is 13.9. The highest BCUT2D eigenvalue weighted by molar-refractivity contribution is 7.20. The summed E-state index contributed by atoms with van der Waals surface area (Å²) in [6.07, 6.45) is 1.45. The third-order valence-electron chi connectivity index (χ3n) is 2.97. The summed E-state index contributed by atoms with van der Waals surface area (Å²) >= 11 is 1.52. The molecule has 0 saturated heterocycles. The molecule has 2 heterocycles. The van der Waals surface area contributed by atoms with Gasteiger partial charge in [-0.1, -0.05) is 32.1 Å². The second-order valence-corrected chi connectivity index (χ2v) is 6.91. The van der Waals surface area contributed by atoms with Crippen molar-refractivity contribution in [1.82, 2.24) is 14.6 Å². The SMILES string of the molecule is COCC(O)CN(C)c1nn2cc(C(C)(C)C)nc2s1. The Balaban J connectivity index is 2.14. The molecule has 0 aliphatic carbocycles. The molecule has 0 radical (unpaired) electrons. The minimum absolute atomic E-state index is 0.0220. The van der Waals surface area contributed by atoms with Gasteiger partial charge in [0.15, 0.2) is 0 Å². The van der Waals surface area contributed by atoms with Crippen molar-refractivity contribution in [1.29, 1.82) is 0 Å². The van der Waals surface area contributed by atoms with Crippen LogP contribution in [-0.2, 0) is 10.2 Å². The summed E-state index contributed by atoms with van der Waals surface area (Å²) in [7, 11) is 3.48. The van der Waals surface area contributed by atoms with Crippen LogP contribution in [0.4, 0.5) is 5.13 Å². The van der Waals surface area contributed by atoms with Gasteiger partial charge in [0, 0.05) is 26.1 Å². The van der Waals surface area contributed by atoms with Crippen LogP contribution in [0.5, 0.6) is 0 Å². The summed E-state index contributed by atoms with van der Waals surface area (Å²) in [6, 6.07) is 0. The molecule has 0 bridgehead atoms. The fraction of sp³-hybridized carbons (Fsp3) is 0.692.